The number of hydrogen-bond acceptors (Lipinski definition) is 6. The molecular weight excluding hydrogens is 422 g/mol. The third kappa shape index (κ3) is 4.08. The van der Waals surface area contributed by atoms with E-state index in [1.807, 2.05) is 0 Å². The second kappa shape index (κ2) is 8.20. The van der Waals surface area contributed by atoms with E-state index in [-0.39, 0.29) is 29.5 Å². The van der Waals surface area contributed by atoms with E-state index in [1.54, 1.807) is 30.3 Å². The first-order valence-corrected chi connectivity index (χ1v) is 11.2. The Kier molecular flexibility index (Phi) is 5.59. The minimum Gasteiger partial charge on any atom is -0.486 e. The number of carbonyl (C=O) groups excluding carboxylic acids is 2. The lowest BCUT2D eigenvalue weighted by molar-refractivity contribution is -0.122. The number of para-hydroxylation sites is 1. The van der Waals surface area contributed by atoms with E-state index in [2.05, 4.69) is 5.32 Å². The molecule has 2 aliphatic rings. The van der Waals surface area contributed by atoms with E-state index < -0.39 is 21.8 Å². The van der Waals surface area contributed by atoms with Crippen molar-refractivity contribution >= 4 is 33.2 Å². The van der Waals surface area contributed by atoms with Crippen LogP contribution in [-0.4, -0.2) is 58.4 Å². The fraction of sp³-hybridized carbons (Fsp3) is 0.333. The van der Waals surface area contributed by atoms with Crippen LogP contribution in [0.2, 0.25) is 0 Å². The smallest absolute Gasteiger partial charge is 0.244 e. The van der Waals surface area contributed by atoms with E-state index in [0.29, 0.717) is 30.4 Å². The van der Waals surface area contributed by atoms with Crippen molar-refractivity contribution < 1.29 is 27.5 Å². The van der Waals surface area contributed by atoms with Crippen LogP contribution in [0.4, 0.5) is 11.4 Å². The van der Waals surface area contributed by atoms with Gasteiger partial charge >= 0.3 is 0 Å². The van der Waals surface area contributed by atoms with Gasteiger partial charge in [-0.2, -0.15) is 0 Å². The van der Waals surface area contributed by atoms with Gasteiger partial charge in [-0.05, 0) is 24.3 Å². The highest BCUT2D eigenvalue weighted by Gasteiger charge is 2.36. The third-order valence-electron chi connectivity index (χ3n) is 5.24. The number of hydrogen-bond donors (Lipinski definition) is 1. The molecule has 2 aromatic rings. The number of anilines is 2. The van der Waals surface area contributed by atoms with Crippen LogP contribution in [0.15, 0.2) is 47.4 Å². The SMILES string of the molecule is CN(C)S(=O)(=O)c1ccccc1NC(=O)C1CC(=O)N(c2ccc3c(c2)OCCO3)C1. The monoisotopic (exact) mass is 445 g/mol. The number of amides is 2. The molecule has 9 nitrogen and oxygen atoms in total. The standard InChI is InChI=1S/C21H23N3O6S/c1-23(2)31(27,28)19-6-4-3-5-16(19)22-21(26)14-11-20(25)24(13-14)15-7-8-17-18(12-15)30-10-9-29-17/h3-8,12,14H,9-11,13H2,1-2H3,(H,22,26). The molecule has 0 aliphatic carbocycles. The van der Waals surface area contributed by atoms with Gasteiger partial charge in [0.1, 0.15) is 18.1 Å². The van der Waals surface area contributed by atoms with E-state index in [4.69, 9.17) is 9.47 Å². The van der Waals surface area contributed by atoms with Gasteiger partial charge in [0.05, 0.1) is 11.6 Å². The predicted molar refractivity (Wildman–Crippen MR) is 114 cm³/mol. The summed E-state index contributed by atoms with van der Waals surface area (Å²) in [5.41, 5.74) is 0.812. The van der Waals surface area contributed by atoms with Gasteiger partial charge < -0.3 is 19.7 Å². The highest BCUT2D eigenvalue weighted by Crippen LogP contribution is 2.36. The van der Waals surface area contributed by atoms with Crippen molar-refractivity contribution in [2.45, 2.75) is 11.3 Å². The summed E-state index contributed by atoms with van der Waals surface area (Å²) in [5, 5.41) is 2.69. The molecule has 2 amide bonds. The van der Waals surface area contributed by atoms with E-state index in [9.17, 15) is 18.0 Å². The quantitative estimate of drug-likeness (QED) is 0.751. The zero-order chi connectivity index (χ0) is 22.2. The maximum Gasteiger partial charge on any atom is 0.244 e. The Balaban J connectivity index is 1.51. The molecule has 2 aromatic carbocycles. The summed E-state index contributed by atoms with van der Waals surface area (Å²) in [6.07, 6.45) is 0.0306. The largest absolute Gasteiger partial charge is 0.486 e. The molecule has 1 fully saturated rings. The Morgan fingerprint density at radius 1 is 1.10 bits per heavy atom. The maximum atomic E-state index is 12.9. The van der Waals surface area contributed by atoms with Gasteiger partial charge in [0, 0.05) is 38.8 Å². The van der Waals surface area contributed by atoms with Crippen molar-refractivity contribution in [2.24, 2.45) is 5.92 Å². The normalized spacial score (nSPS) is 18.4. The molecule has 1 saturated heterocycles. The van der Waals surface area contributed by atoms with Crippen molar-refractivity contribution in [1.29, 1.82) is 0 Å². The lowest BCUT2D eigenvalue weighted by Gasteiger charge is -2.22. The van der Waals surface area contributed by atoms with Gasteiger partial charge in [-0.3, -0.25) is 9.59 Å². The van der Waals surface area contributed by atoms with E-state index in [0.717, 1.165) is 4.31 Å². The van der Waals surface area contributed by atoms with Gasteiger partial charge in [0.2, 0.25) is 21.8 Å². The Labute approximate surface area is 180 Å². The van der Waals surface area contributed by atoms with Crippen LogP contribution in [-0.2, 0) is 19.6 Å². The number of sulfonamides is 1. The molecule has 2 heterocycles. The molecule has 31 heavy (non-hydrogen) atoms. The number of nitrogens with zero attached hydrogens (tertiary/aromatic N) is 2. The average Bonchev–Trinajstić information content (AvgIpc) is 3.15. The summed E-state index contributed by atoms with van der Waals surface area (Å²) >= 11 is 0. The molecule has 1 unspecified atom stereocenters. The first kappa shape index (κ1) is 21.1. The van der Waals surface area contributed by atoms with Crippen molar-refractivity contribution in [2.75, 3.05) is 44.1 Å². The van der Waals surface area contributed by atoms with Crippen molar-refractivity contribution in [3.8, 4) is 11.5 Å². The van der Waals surface area contributed by atoms with Gasteiger partial charge in [0.15, 0.2) is 11.5 Å². The van der Waals surface area contributed by atoms with E-state index in [1.165, 1.54) is 31.1 Å². The first-order chi connectivity index (χ1) is 14.8. The minimum atomic E-state index is -3.73. The summed E-state index contributed by atoms with van der Waals surface area (Å²) in [7, 11) is -0.884. The van der Waals surface area contributed by atoms with E-state index >= 15 is 0 Å². The number of fused-ring (bicyclic) bond motifs is 1. The second-order valence-electron chi connectivity index (χ2n) is 7.51. The molecule has 1 N–H and O–H groups in total. The molecule has 0 saturated carbocycles. The zero-order valence-corrected chi connectivity index (χ0v) is 18.0. The highest BCUT2D eigenvalue weighted by atomic mass is 32.2. The Hall–Kier alpha value is -3.11. The number of carbonyl (C=O) groups is 2. The predicted octanol–water partition coefficient (Wildman–Crippen LogP) is 1.70. The average molecular weight is 445 g/mol. The van der Waals surface area contributed by atoms with Crippen LogP contribution >= 0.6 is 0 Å². The summed E-state index contributed by atoms with van der Waals surface area (Å²) in [6.45, 7) is 1.10. The molecule has 0 aromatic heterocycles. The summed E-state index contributed by atoms with van der Waals surface area (Å²) in [6, 6.07) is 11.4. The number of benzene rings is 2. The van der Waals surface area contributed by atoms with Crippen LogP contribution < -0.4 is 19.7 Å². The van der Waals surface area contributed by atoms with Crippen molar-refractivity contribution in [3.63, 3.8) is 0 Å². The number of nitrogens with one attached hydrogen (secondary N) is 1. The lowest BCUT2D eigenvalue weighted by Crippen LogP contribution is -2.29. The summed E-state index contributed by atoms with van der Waals surface area (Å²) < 4.78 is 37.3. The molecule has 1 atom stereocenters. The van der Waals surface area contributed by atoms with Crippen molar-refractivity contribution in [3.05, 3.63) is 42.5 Å². The minimum absolute atomic E-state index is 0.00126. The van der Waals surface area contributed by atoms with Gasteiger partial charge in [0.25, 0.3) is 0 Å². The van der Waals surface area contributed by atoms with Crippen LogP contribution in [0.25, 0.3) is 0 Å². The van der Waals surface area contributed by atoms with Gasteiger partial charge in [-0.15, -0.1) is 0 Å². The molecule has 0 radical (unpaired) electrons. The molecule has 0 spiro atoms. The van der Waals surface area contributed by atoms with Gasteiger partial charge in [-0.1, -0.05) is 12.1 Å². The fourth-order valence-corrected chi connectivity index (χ4v) is 4.60. The molecule has 0 bridgehead atoms. The topological polar surface area (TPSA) is 105 Å². The Bertz CT molecular complexity index is 1130. The van der Waals surface area contributed by atoms with Crippen LogP contribution in [0.3, 0.4) is 0 Å². The second-order valence-corrected chi connectivity index (χ2v) is 9.63. The van der Waals surface area contributed by atoms with Gasteiger partial charge in [-0.25, -0.2) is 12.7 Å². The summed E-state index contributed by atoms with van der Waals surface area (Å²) in [4.78, 5) is 27.0. The first-order valence-electron chi connectivity index (χ1n) is 9.80. The maximum absolute atomic E-state index is 12.9. The molecule has 10 heteroatoms. The Morgan fingerprint density at radius 2 is 1.81 bits per heavy atom. The molecule has 4 rings (SSSR count). The van der Waals surface area contributed by atoms with Crippen molar-refractivity contribution in [1.82, 2.24) is 4.31 Å². The molecule has 164 valence electrons. The zero-order valence-electron chi connectivity index (χ0n) is 17.2. The summed E-state index contributed by atoms with van der Waals surface area (Å²) in [5.74, 6) is -0.0291. The third-order valence-corrected chi connectivity index (χ3v) is 7.11. The molecule has 2 aliphatic heterocycles. The number of rotatable bonds is 5. The molecular formula is C21H23N3O6S. The fourth-order valence-electron chi connectivity index (χ4n) is 3.56. The highest BCUT2D eigenvalue weighted by molar-refractivity contribution is 7.89. The Morgan fingerprint density at radius 3 is 2.55 bits per heavy atom. The van der Waals surface area contributed by atoms with Crippen LogP contribution in [0, 0.1) is 5.92 Å². The van der Waals surface area contributed by atoms with Crippen LogP contribution in [0.5, 0.6) is 11.5 Å². The lowest BCUT2D eigenvalue weighted by atomic mass is 10.1. The van der Waals surface area contributed by atoms with Crippen LogP contribution in [0.1, 0.15) is 6.42 Å². The number of ether oxygens (including phenoxy) is 2.